The second-order valence-corrected chi connectivity index (χ2v) is 12.4. The summed E-state index contributed by atoms with van der Waals surface area (Å²) in [7, 11) is 0. The van der Waals surface area contributed by atoms with Crippen molar-refractivity contribution in [3.05, 3.63) is 173 Å². The Morgan fingerprint density at radius 1 is 0.457 bits per heavy atom. The predicted molar refractivity (Wildman–Crippen MR) is 188 cm³/mol. The van der Waals surface area contributed by atoms with Crippen LogP contribution in [0.4, 0.5) is 0 Å². The highest BCUT2D eigenvalue weighted by Crippen LogP contribution is 2.46. The van der Waals surface area contributed by atoms with Gasteiger partial charge >= 0.3 is 0 Å². The summed E-state index contributed by atoms with van der Waals surface area (Å²) in [6, 6.07) is 54.3. The minimum absolute atomic E-state index is 0.0586. The Bertz CT molecular complexity index is 2630. The Morgan fingerprint density at radius 2 is 1.04 bits per heavy atom. The summed E-state index contributed by atoms with van der Waals surface area (Å²) in [5, 5.41) is 7.26. The molecule has 2 unspecified atom stereocenters. The predicted octanol–water partition coefficient (Wildman–Crippen LogP) is 9.61. The van der Waals surface area contributed by atoms with Crippen molar-refractivity contribution in [1.29, 1.82) is 0 Å². The SMILES string of the molecule is C1=c2c(oc3ccc(-c4ccc5ccccc5c4)cc23)=C(c2ccccc2)C2Oc3ccc(-c4ccc5ccccc5c4)cc3C12. The molecule has 0 fully saturated rings. The standard InChI is InChI=1S/C44H28O2/c1-2-10-29(11-3-1)42-43-38(36-24-34(18-20-40(36)45-43)32-16-14-27-8-4-6-12-30(27)22-32)26-39-37-25-35(19-21-41(37)46-44(39)42)33-17-15-28-9-5-7-13-31(28)23-33/h1-26,38,43H. The van der Waals surface area contributed by atoms with Crippen molar-refractivity contribution < 1.29 is 9.15 Å². The zero-order valence-corrected chi connectivity index (χ0v) is 25.0. The number of rotatable bonds is 3. The molecule has 7 aromatic carbocycles. The van der Waals surface area contributed by atoms with E-state index in [4.69, 9.17) is 9.15 Å². The van der Waals surface area contributed by atoms with E-state index in [-0.39, 0.29) is 12.0 Å². The van der Waals surface area contributed by atoms with E-state index in [1.54, 1.807) is 0 Å². The Morgan fingerprint density at radius 3 is 1.76 bits per heavy atom. The van der Waals surface area contributed by atoms with Gasteiger partial charge in [-0.3, -0.25) is 0 Å². The van der Waals surface area contributed by atoms with Crippen LogP contribution in [-0.2, 0) is 0 Å². The Labute approximate surface area is 266 Å². The minimum Gasteiger partial charge on any atom is -0.484 e. The molecule has 0 spiro atoms. The van der Waals surface area contributed by atoms with Gasteiger partial charge in [-0.2, -0.15) is 0 Å². The molecular formula is C44H28O2. The van der Waals surface area contributed by atoms with Crippen LogP contribution in [0.5, 0.6) is 5.75 Å². The number of hydrogen-bond acceptors (Lipinski definition) is 2. The lowest BCUT2D eigenvalue weighted by Gasteiger charge is -2.22. The molecule has 216 valence electrons. The van der Waals surface area contributed by atoms with E-state index in [1.807, 2.05) is 0 Å². The summed E-state index contributed by atoms with van der Waals surface area (Å²) < 4.78 is 13.5. The third-order valence-corrected chi connectivity index (χ3v) is 9.80. The summed E-state index contributed by atoms with van der Waals surface area (Å²) in [6.07, 6.45) is 2.22. The maximum Gasteiger partial charge on any atom is 0.142 e. The second-order valence-electron chi connectivity index (χ2n) is 12.4. The molecule has 2 aliphatic rings. The van der Waals surface area contributed by atoms with E-state index >= 15 is 0 Å². The highest BCUT2D eigenvalue weighted by atomic mass is 16.5. The van der Waals surface area contributed by atoms with Gasteiger partial charge in [-0.05, 0) is 85.8 Å². The first-order valence-electron chi connectivity index (χ1n) is 15.9. The van der Waals surface area contributed by atoms with Crippen molar-refractivity contribution in [3.63, 3.8) is 0 Å². The lowest BCUT2D eigenvalue weighted by Crippen LogP contribution is -2.37. The van der Waals surface area contributed by atoms with Gasteiger partial charge in [0, 0.05) is 27.7 Å². The monoisotopic (exact) mass is 588 g/mol. The van der Waals surface area contributed by atoms with Crippen LogP contribution in [0, 0.1) is 0 Å². The van der Waals surface area contributed by atoms with E-state index in [0.717, 1.165) is 38.5 Å². The fraction of sp³-hybridized carbons (Fsp3) is 0.0455. The zero-order valence-electron chi connectivity index (χ0n) is 25.0. The van der Waals surface area contributed by atoms with Crippen LogP contribution in [0.15, 0.2) is 156 Å². The van der Waals surface area contributed by atoms with Gasteiger partial charge < -0.3 is 9.15 Å². The summed E-state index contributed by atoms with van der Waals surface area (Å²) in [6.45, 7) is 0. The molecule has 2 nitrogen and oxygen atoms in total. The van der Waals surface area contributed by atoms with Crippen LogP contribution < -0.4 is 15.4 Å². The average molecular weight is 589 g/mol. The molecule has 0 saturated carbocycles. The van der Waals surface area contributed by atoms with E-state index in [2.05, 4.69) is 158 Å². The minimum atomic E-state index is -0.169. The Balaban J connectivity index is 1.17. The van der Waals surface area contributed by atoms with E-state index in [1.165, 1.54) is 49.4 Å². The van der Waals surface area contributed by atoms with Crippen LogP contribution >= 0.6 is 0 Å². The molecule has 0 amide bonds. The first kappa shape index (κ1) is 25.5. The third-order valence-electron chi connectivity index (χ3n) is 9.80. The van der Waals surface area contributed by atoms with Crippen molar-refractivity contribution in [3.8, 4) is 28.0 Å². The second kappa shape index (κ2) is 9.82. The van der Waals surface area contributed by atoms with Gasteiger partial charge in [-0.1, -0.05) is 121 Å². The highest BCUT2D eigenvalue weighted by Gasteiger charge is 2.40. The van der Waals surface area contributed by atoms with E-state index in [0.29, 0.717) is 0 Å². The fourth-order valence-electron chi connectivity index (χ4n) is 7.51. The van der Waals surface area contributed by atoms with E-state index in [9.17, 15) is 0 Å². The van der Waals surface area contributed by atoms with Crippen LogP contribution in [-0.4, -0.2) is 6.10 Å². The normalized spacial score (nSPS) is 16.6. The third kappa shape index (κ3) is 3.90. The van der Waals surface area contributed by atoms with Crippen molar-refractivity contribution >= 4 is 44.2 Å². The maximum absolute atomic E-state index is 6.80. The summed E-state index contributed by atoms with van der Waals surface area (Å²) in [4.78, 5) is 0. The van der Waals surface area contributed by atoms with Crippen molar-refractivity contribution in [2.45, 2.75) is 12.0 Å². The van der Waals surface area contributed by atoms with Gasteiger partial charge in [0.05, 0.1) is 0 Å². The molecule has 46 heavy (non-hydrogen) atoms. The summed E-state index contributed by atoms with van der Waals surface area (Å²) in [5.74, 6) is 0.999. The Kier molecular flexibility index (Phi) is 5.44. The van der Waals surface area contributed by atoms with Crippen LogP contribution in [0.3, 0.4) is 0 Å². The molecule has 2 heteroatoms. The molecule has 1 aromatic heterocycles. The smallest absolute Gasteiger partial charge is 0.142 e. The van der Waals surface area contributed by atoms with Crippen LogP contribution in [0.25, 0.3) is 66.4 Å². The first-order chi connectivity index (χ1) is 22.8. The molecule has 1 aliphatic heterocycles. The molecule has 0 N–H and O–H groups in total. The molecule has 1 aliphatic carbocycles. The number of furan rings is 1. The van der Waals surface area contributed by atoms with Crippen LogP contribution in [0.1, 0.15) is 17.0 Å². The summed E-state index contributed by atoms with van der Waals surface area (Å²) >= 11 is 0. The molecule has 0 radical (unpaired) electrons. The average Bonchev–Trinajstić information content (AvgIpc) is 3.67. The van der Waals surface area contributed by atoms with Crippen LogP contribution in [0.2, 0.25) is 0 Å². The van der Waals surface area contributed by atoms with Crippen molar-refractivity contribution in [2.24, 2.45) is 0 Å². The number of hydrogen-bond donors (Lipinski definition) is 0. The number of benzene rings is 7. The summed E-state index contributed by atoms with van der Waals surface area (Å²) in [5.41, 5.74) is 10.0. The van der Waals surface area contributed by atoms with Crippen molar-refractivity contribution in [2.75, 3.05) is 0 Å². The largest absolute Gasteiger partial charge is 0.484 e. The number of fused-ring (bicyclic) bond motifs is 8. The van der Waals surface area contributed by atoms with Crippen molar-refractivity contribution in [1.82, 2.24) is 0 Å². The topological polar surface area (TPSA) is 22.4 Å². The molecule has 2 atom stereocenters. The van der Waals surface area contributed by atoms with E-state index < -0.39 is 0 Å². The molecule has 0 saturated heterocycles. The zero-order chi connectivity index (χ0) is 30.2. The quantitative estimate of drug-likeness (QED) is 0.205. The maximum atomic E-state index is 6.80. The number of ether oxygens (including phenoxy) is 1. The lowest BCUT2D eigenvalue weighted by atomic mass is 9.83. The van der Waals surface area contributed by atoms with Gasteiger partial charge in [0.1, 0.15) is 22.9 Å². The highest BCUT2D eigenvalue weighted by molar-refractivity contribution is 5.92. The van der Waals surface area contributed by atoms with Gasteiger partial charge in [-0.25, -0.2) is 0 Å². The molecular weight excluding hydrogens is 560 g/mol. The molecule has 2 heterocycles. The first-order valence-corrected chi connectivity index (χ1v) is 15.9. The lowest BCUT2D eigenvalue weighted by molar-refractivity contribution is 0.279. The van der Waals surface area contributed by atoms with Gasteiger partial charge in [0.2, 0.25) is 0 Å². The van der Waals surface area contributed by atoms with Gasteiger partial charge in [0.25, 0.3) is 0 Å². The molecule has 8 aromatic rings. The van der Waals surface area contributed by atoms with Gasteiger partial charge in [0.15, 0.2) is 0 Å². The van der Waals surface area contributed by atoms with Gasteiger partial charge in [-0.15, -0.1) is 0 Å². The fourth-order valence-corrected chi connectivity index (χ4v) is 7.51. The Hall–Kier alpha value is -5.86. The molecule has 10 rings (SSSR count). The molecule has 0 bridgehead atoms.